The van der Waals surface area contributed by atoms with Crippen molar-refractivity contribution in [3.8, 4) is 0 Å². The van der Waals surface area contributed by atoms with Crippen molar-refractivity contribution < 1.29 is 28.6 Å². The van der Waals surface area contributed by atoms with Gasteiger partial charge in [0.1, 0.15) is 11.7 Å². The van der Waals surface area contributed by atoms with E-state index in [2.05, 4.69) is 13.8 Å². The first-order chi connectivity index (χ1) is 18.7. The van der Waals surface area contributed by atoms with Crippen molar-refractivity contribution in [1.29, 1.82) is 0 Å². The van der Waals surface area contributed by atoms with Gasteiger partial charge in [0.05, 0.1) is 12.4 Å². The lowest BCUT2D eigenvalue weighted by Crippen LogP contribution is -2.58. The van der Waals surface area contributed by atoms with E-state index in [9.17, 15) is 14.4 Å². The Labute approximate surface area is 231 Å². The van der Waals surface area contributed by atoms with Crippen molar-refractivity contribution in [2.45, 2.75) is 127 Å². The van der Waals surface area contributed by atoms with Crippen molar-refractivity contribution >= 4 is 11.9 Å². The van der Waals surface area contributed by atoms with Crippen LogP contribution in [-0.4, -0.2) is 34.9 Å². The summed E-state index contributed by atoms with van der Waals surface area (Å²) in [6.45, 7) is 4.95. The summed E-state index contributed by atoms with van der Waals surface area (Å²) in [7, 11) is 0. The Kier molecular flexibility index (Phi) is 6.96. The predicted molar refractivity (Wildman–Crippen MR) is 144 cm³/mol. The van der Waals surface area contributed by atoms with Crippen LogP contribution < -0.4 is 5.63 Å². The third kappa shape index (κ3) is 4.47. The molecule has 7 nitrogen and oxygen atoms in total. The van der Waals surface area contributed by atoms with E-state index in [-0.39, 0.29) is 40.6 Å². The van der Waals surface area contributed by atoms with Crippen LogP contribution in [0.2, 0.25) is 0 Å². The molecule has 1 aliphatic heterocycles. The molecular formula is C32H44O7. The highest BCUT2D eigenvalue weighted by molar-refractivity contribution is 5.69. The number of hydrogen-bond donors (Lipinski definition) is 1. The molecular weight excluding hydrogens is 496 g/mol. The molecule has 2 heterocycles. The zero-order valence-corrected chi connectivity index (χ0v) is 23.5. The predicted octanol–water partition coefficient (Wildman–Crippen LogP) is 6.23. The number of aliphatic carboxylic acids is 1. The van der Waals surface area contributed by atoms with Gasteiger partial charge >= 0.3 is 17.6 Å². The summed E-state index contributed by atoms with van der Waals surface area (Å²) in [6.07, 6.45) is 14.6. The average Bonchev–Trinajstić information content (AvgIpc) is 3.56. The summed E-state index contributed by atoms with van der Waals surface area (Å²) in [5.74, 6) is 1.33. The lowest BCUT2D eigenvalue weighted by molar-refractivity contribution is -0.164. The topological polar surface area (TPSA) is 106 Å². The molecule has 0 bridgehead atoms. The van der Waals surface area contributed by atoms with Crippen molar-refractivity contribution in [1.82, 2.24) is 0 Å². The Morgan fingerprint density at radius 3 is 2.51 bits per heavy atom. The number of carbonyl (C=O) groups excluding carboxylic acids is 1. The molecule has 39 heavy (non-hydrogen) atoms. The van der Waals surface area contributed by atoms with Crippen molar-refractivity contribution in [2.24, 2.45) is 28.6 Å². The summed E-state index contributed by atoms with van der Waals surface area (Å²) in [5, 5.41) is 8.74. The lowest BCUT2D eigenvalue weighted by Gasteiger charge is -2.61. The molecule has 1 aromatic heterocycles. The maximum Gasteiger partial charge on any atom is 0.335 e. The van der Waals surface area contributed by atoms with Crippen molar-refractivity contribution in [3.63, 3.8) is 0 Å². The highest BCUT2D eigenvalue weighted by Gasteiger charge is 2.80. The zero-order chi connectivity index (χ0) is 27.4. The van der Waals surface area contributed by atoms with E-state index in [4.69, 9.17) is 19.0 Å². The second-order valence-electron chi connectivity index (χ2n) is 13.7. The van der Waals surface area contributed by atoms with Gasteiger partial charge in [0.25, 0.3) is 0 Å². The fraction of sp³-hybridized carbons (Fsp3) is 0.781. The average molecular weight is 541 g/mol. The number of ether oxygens (including phenoxy) is 2. The van der Waals surface area contributed by atoms with E-state index in [0.29, 0.717) is 42.6 Å². The van der Waals surface area contributed by atoms with Gasteiger partial charge in [-0.15, -0.1) is 0 Å². The smallest absolute Gasteiger partial charge is 0.335 e. The molecule has 7 heteroatoms. The lowest BCUT2D eigenvalue weighted by atomic mass is 9.44. The first kappa shape index (κ1) is 27.0. The molecule has 1 N–H and O–H groups in total. The molecule has 1 aromatic rings. The largest absolute Gasteiger partial charge is 0.481 e. The Morgan fingerprint density at radius 1 is 0.974 bits per heavy atom. The normalized spacial score (nSPS) is 42.0. The molecule has 1 spiro atoms. The van der Waals surface area contributed by atoms with Crippen LogP contribution in [0.3, 0.4) is 0 Å². The number of unbranched alkanes of at least 4 members (excludes halogenated alkanes) is 3. The van der Waals surface area contributed by atoms with Crippen molar-refractivity contribution in [3.05, 3.63) is 34.4 Å². The van der Waals surface area contributed by atoms with Crippen LogP contribution in [0.25, 0.3) is 0 Å². The molecule has 5 fully saturated rings. The minimum Gasteiger partial charge on any atom is -0.481 e. The van der Waals surface area contributed by atoms with Gasteiger partial charge in [-0.3, -0.25) is 9.59 Å². The molecule has 6 rings (SSSR count). The molecule has 0 radical (unpaired) electrons. The first-order valence-corrected chi connectivity index (χ1v) is 15.4. The monoisotopic (exact) mass is 540 g/mol. The van der Waals surface area contributed by atoms with Crippen molar-refractivity contribution in [2.75, 3.05) is 0 Å². The number of carbonyl (C=O) groups is 2. The van der Waals surface area contributed by atoms with Crippen LogP contribution in [0.4, 0.5) is 0 Å². The third-order valence-corrected chi connectivity index (χ3v) is 12.0. The van der Waals surface area contributed by atoms with Gasteiger partial charge in [-0.25, -0.2) is 4.79 Å². The number of esters is 1. The summed E-state index contributed by atoms with van der Waals surface area (Å²) >= 11 is 0. The van der Waals surface area contributed by atoms with Crippen LogP contribution in [0.1, 0.15) is 115 Å². The van der Waals surface area contributed by atoms with E-state index in [1.54, 1.807) is 12.3 Å². The van der Waals surface area contributed by atoms with Gasteiger partial charge in [-0.05, 0) is 105 Å². The van der Waals surface area contributed by atoms with Gasteiger partial charge in [-0.1, -0.05) is 26.7 Å². The van der Waals surface area contributed by atoms with Gasteiger partial charge in [-0.2, -0.15) is 0 Å². The fourth-order valence-corrected chi connectivity index (χ4v) is 9.97. The molecule has 5 aliphatic rings. The van der Waals surface area contributed by atoms with Gasteiger partial charge in [0.15, 0.2) is 0 Å². The summed E-state index contributed by atoms with van der Waals surface area (Å²) in [4.78, 5) is 34.7. The van der Waals surface area contributed by atoms with Crippen LogP contribution in [0.15, 0.2) is 27.6 Å². The van der Waals surface area contributed by atoms with Crippen LogP contribution in [0.5, 0.6) is 0 Å². The number of carboxylic acid groups (broad SMARTS) is 1. The minimum atomic E-state index is -0.755. The second-order valence-corrected chi connectivity index (χ2v) is 13.7. The standard InChI is InChI=1S/C32H44O7/c1-30-15-13-22(38-29(36)8-6-4-3-5-7-27(33)34)17-21(30)10-11-24-23(30)14-16-31(2)25(18-26-32(24,31)39-26)20-9-12-28(35)37-19-20/h9,12,19,21-26H,3-8,10-11,13-18H2,1-2H3,(H,33,34)/t21-,22-,23-,24+,25+,26+,30-,31+,32+/m0/s1. The summed E-state index contributed by atoms with van der Waals surface area (Å²) in [6, 6.07) is 3.52. The van der Waals surface area contributed by atoms with E-state index in [1.807, 2.05) is 6.07 Å². The molecule has 0 unspecified atom stereocenters. The Hall–Kier alpha value is -2.15. The quantitative estimate of drug-likeness (QED) is 0.225. The second kappa shape index (κ2) is 10.0. The van der Waals surface area contributed by atoms with Crippen LogP contribution in [-0.2, 0) is 19.1 Å². The molecule has 0 aromatic carbocycles. The van der Waals surface area contributed by atoms with E-state index < -0.39 is 5.97 Å². The molecule has 9 atom stereocenters. The minimum absolute atomic E-state index is 0.0275. The molecule has 4 aliphatic carbocycles. The Bertz CT molecular complexity index is 1140. The number of carboxylic acids is 1. The fourth-order valence-electron chi connectivity index (χ4n) is 9.97. The van der Waals surface area contributed by atoms with Crippen LogP contribution >= 0.6 is 0 Å². The molecule has 214 valence electrons. The zero-order valence-electron chi connectivity index (χ0n) is 23.5. The number of hydrogen-bond acceptors (Lipinski definition) is 6. The highest BCUT2D eigenvalue weighted by atomic mass is 16.6. The van der Waals surface area contributed by atoms with E-state index in [1.165, 1.54) is 19.3 Å². The molecule has 0 amide bonds. The Balaban J connectivity index is 1.06. The molecule has 4 saturated carbocycles. The SMILES string of the molecule is C[C@]12CC[C@H](OC(=O)CCCCCCC(=O)O)C[C@@H]1CC[C@@H]1[C@@H]2CC[C@]2(C)[C@@H](c3ccc(=O)oc3)C[C@H]3O[C@]132. The third-order valence-electron chi connectivity index (χ3n) is 12.0. The van der Waals surface area contributed by atoms with Gasteiger partial charge in [0.2, 0.25) is 0 Å². The number of epoxide rings is 1. The summed E-state index contributed by atoms with van der Waals surface area (Å²) in [5.41, 5.74) is 1.15. The number of fused-ring (bicyclic) bond motifs is 3. The van der Waals surface area contributed by atoms with E-state index in [0.717, 1.165) is 56.9 Å². The van der Waals surface area contributed by atoms with E-state index >= 15 is 0 Å². The summed E-state index contributed by atoms with van der Waals surface area (Å²) < 4.78 is 17.9. The molecule has 1 saturated heterocycles. The first-order valence-electron chi connectivity index (χ1n) is 15.4. The number of rotatable bonds is 9. The maximum absolute atomic E-state index is 12.5. The Morgan fingerprint density at radius 2 is 1.77 bits per heavy atom. The maximum atomic E-state index is 12.5. The highest BCUT2D eigenvalue weighted by Crippen LogP contribution is 2.78. The van der Waals surface area contributed by atoms with Gasteiger partial charge in [0, 0.05) is 24.3 Å². The van der Waals surface area contributed by atoms with Crippen LogP contribution in [0, 0.1) is 28.6 Å². The van der Waals surface area contributed by atoms with Gasteiger partial charge < -0.3 is 19.0 Å².